The lowest BCUT2D eigenvalue weighted by Crippen LogP contribution is -2.58. The Balaban J connectivity index is 1.71. The summed E-state index contributed by atoms with van der Waals surface area (Å²) in [5.41, 5.74) is 0. The van der Waals surface area contributed by atoms with Gasteiger partial charge in [-0.1, -0.05) is 6.92 Å². The number of carboxylic acid groups (broad SMARTS) is 1. The monoisotopic (exact) mass is 272 g/mol. The van der Waals surface area contributed by atoms with Crippen LogP contribution in [-0.2, 0) is 4.79 Å². The molecule has 2 atom stereocenters. The Hall–Kier alpha value is -0.910. The fourth-order valence-corrected chi connectivity index (χ4v) is 3.39. The third kappa shape index (κ3) is 3.10. The molecule has 0 radical (unpaired) electrons. The predicted molar refractivity (Wildman–Crippen MR) is 70.7 cm³/mol. The van der Waals surface area contributed by atoms with Crippen molar-refractivity contribution >= 4 is 23.8 Å². The van der Waals surface area contributed by atoms with Crippen molar-refractivity contribution in [2.24, 2.45) is 11.8 Å². The summed E-state index contributed by atoms with van der Waals surface area (Å²) in [6.07, 6.45) is 2.22. The summed E-state index contributed by atoms with van der Waals surface area (Å²) >= 11 is 1.88. The number of thioether (sulfide) groups is 1. The Labute approximate surface area is 111 Å². The molecule has 2 heterocycles. The van der Waals surface area contributed by atoms with Gasteiger partial charge >= 0.3 is 12.0 Å². The Morgan fingerprint density at radius 1 is 1.44 bits per heavy atom. The van der Waals surface area contributed by atoms with E-state index >= 15 is 0 Å². The summed E-state index contributed by atoms with van der Waals surface area (Å²) in [6.45, 7) is 2.85. The number of aliphatic carboxylic acids is 1. The number of carbonyl (C=O) groups excluding carboxylic acids is 1. The molecule has 2 N–H and O–H groups in total. The van der Waals surface area contributed by atoms with Crippen LogP contribution in [0.1, 0.15) is 19.8 Å². The zero-order valence-corrected chi connectivity index (χ0v) is 11.4. The van der Waals surface area contributed by atoms with Gasteiger partial charge in [-0.05, 0) is 18.6 Å². The second-order valence-electron chi connectivity index (χ2n) is 5.16. The lowest BCUT2D eigenvalue weighted by Gasteiger charge is -2.41. The molecule has 0 aromatic heterocycles. The molecule has 5 nitrogen and oxygen atoms in total. The fraction of sp³-hybridized carbons (Fsp3) is 0.833. The number of carbonyl (C=O) groups is 2. The van der Waals surface area contributed by atoms with Crippen LogP contribution in [0.2, 0.25) is 0 Å². The molecule has 0 aliphatic carbocycles. The lowest BCUT2D eigenvalue weighted by atomic mass is 9.87. The minimum Gasteiger partial charge on any atom is -0.481 e. The van der Waals surface area contributed by atoms with Gasteiger partial charge in [0.15, 0.2) is 0 Å². The summed E-state index contributed by atoms with van der Waals surface area (Å²) in [7, 11) is 0. The van der Waals surface area contributed by atoms with Crippen LogP contribution in [0.5, 0.6) is 0 Å². The Morgan fingerprint density at radius 3 is 2.72 bits per heavy atom. The molecule has 2 rings (SSSR count). The normalized spacial score (nSPS) is 26.3. The molecular formula is C12H20N2O3S. The van der Waals surface area contributed by atoms with E-state index in [0.717, 1.165) is 18.6 Å². The maximum Gasteiger partial charge on any atom is 0.317 e. The number of nitrogens with one attached hydrogen (secondary N) is 1. The van der Waals surface area contributed by atoms with E-state index in [-0.39, 0.29) is 23.9 Å². The van der Waals surface area contributed by atoms with Gasteiger partial charge in [0.1, 0.15) is 0 Å². The summed E-state index contributed by atoms with van der Waals surface area (Å²) in [5.74, 6) is 1.15. The average molecular weight is 272 g/mol. The maximum absolute atomic E-state index is 11.9. The van der Waals surface area contributed by atoms with Crippen molar-refractivity contribution in [3.63, 3.8) is 0 Å². The van der Waals surface area contributed by atoms with E-state index in [1.54, 1.807) is 11.8 Å². The number of rotatable bonds is 3. The maximum atomic E-state index is 11.9. The second kappa shape index (κ2) is 5.82. The fourth-order valence-electron chi connectivity index (χ4n) is 2.32. The highest BCUT2D eigenvalue weighted by Crippen LogP contribution is 2.24. The summed E-state index contributed by atoms with van der Waals surface area (Å²) in [4.78, 5) is 24.4. The van der Waals surface area contributed by atoms with E-state index in [1.165, 1.54) is 5.75 Å². The summed E-state index contributed by atoms with van der Waals surface area (Å²) < 4.78 is 0. The standard InChI is InChI=1S/C12H20N2O3S/c1-8(11(15)16)9-5-14(6-9)12(17)13-10-3-2-4-18-7-10/h8-10H,2-7H2,1H3,(H,13,17)(H,15,16). The topological polar surface area (TPSA) is 69.6 Å². The number of hydrogen-bond donors (Lipinski definition) is 2. The lowest BCUT2D eigenvalue weighted by molar-refractivity contribution is -0.144. The Morgan fingerprint density at radius 2 is 2.17 bits per heavy atom. The van der Waals surface area contributed by atoms with Crippen LogP contribution in [0.3, 0.4) is 0 Å². The van der Waals surface area contributed by atoms with Crippen molar-refractivity contribution in [2.45, 2.75) is 25.8 Å². The van der Waals surface area contributed by atoms with Gasteiger partial charge in [0.2, 0.25) is 0 Å². The van der Waals surface area contributed by atoms with Gasteiger partial charge in [-0.2, -0.15) is 11.8 Å². The van der Waals surface area contributed by atoms with Crippen molar-refractivity contribution in [3.05, 3.63) is 0 Å². The van der Waals surface area contributed by atoms with Crippen molar-refractivity contribution in [2.75, 3.05) is 24.6 Å². The van der Waals surface area contributed by atoms with Crippen LogP contribution in [0.4, 0.5) is 4.79 Å². The van der Waals surface area contributed by atoms with Crippen LogP contribution < -0.4 is 5.32 Å². The number of carboxylic acids is 1. The number of hydrogen-bond acceptors (Lipinski definition) is 3. The van der Waals surface area contributed by atoms with E-state index < -0.39 is 5.97 Å². The van der Waals surface area contributed by atoms with Crippen molar-refractivity contribution in [3.8, 4) is 0 Å². The molecule has 0 bridgehead atoms. The smallest absolute Gasteiger partial charge is 0.317 e. The van der Waals surface area contributed by atoms with Gasteiger partial charge in [0.05, 0.1) is 5.92 Å². The second-order valence-corrected chi connectivity index (χ2v) is 6.31. The number of likely N-dealkylation sites (tertiary alicyclic amines) is 1. The average Bonchev–Trinajstić information content (AvgIpc) is 2.28. The van der Waals surface area contributed by atoms with Crippen molar-refractivity contribution < 1.29 is 14.7 Å². The Kier molecular flexibility index (Phi) is 4.37. The van der Waals surface area contributed by atoms with E-state index in [4.69, 9.17) is 5.11 Å². The molecule has 0 spiro atoms. The third-order valence-electron chi connectivity index (χ3n) is 3.78. The van der Waals surface area contributed by atoms with Crippen LogP contribution >= 0.6 is 11.8 Å². The highest BCUT2D eigenvalue weighted by atomic mass is 32.2. The molecule has 2 aliphatic rings. The third-order valence-corrected chi connectivity index (χ3v) is 5.00. The molecule has 2 unspecified atom stereocenters. The van der Waals surface area contributed by atoms with Gasteiger partial charge in [-0.3, -0.25) is 4.79 Å². The molecule has 6 heteroatoms. The zero-order chi connectivity index (χ0) is 13.1. The Bertz CT molecular complexity index is 325. The molecule has 0 saturated carbocycles. The molecule has 18 heavy (non-hydrogen) atoms. The van der Waals surface area contributed by atoms with Crippen molar-refractivity contribution in [1.29, 1.82) is 0 Å². The van der Waals surface area contributed by atoms with E-state index in [2.05, 4.69) is 5.32 Å². The first-order chi connectivity index (χ1) is 8.58. The minimum absolute atomic E-state index is 0.0312. The first kappa shape index (κ1) is 13.5. The molecule has 0 aromatic carbocycles. The van der Waals surface area contributed by atoms with Gasteiger partial charge in [0, 0.05) is 30.8 Å². The molecule has 2 saturated heterocycles. The van der Waals surface area contributed by atoms with Crippen LogP contribution in [-0.4, -0.2) is 52.6 Å². The highest BCUT2D eigenvalue weighted by molar-refractivity contribution is 7.99. The van der Waals surface area contributed by atoms with Gasteiger partial charge in [0.25, 0.3) is 0 Å². The van der Waals surface area contributed by atoms with Crippen LogP contribution in [0, 0.1) is 11.8 Å². The number of urea groups is 1. The number of nitrogens with zero attached hydrogens (tertiary/aromatic N) is 1. The minimum atomic E-state index is -0.774. The quantitative estimate of drug-likeness (QED) is 0.811. The molecule has 102 valence electrons. The largest absolute Gasteiger partial charge is 0.481 e. The molecular weight excluding hydrogens is 252 g/mol. The van der Waals surface area contributed by atoms with Gasteiger partial charge < -0.3 is 15.3 Å². The molecule has 0 aromatic rings. The van der Waals surface area contributed by atoms with E-state index in [9.17, 15) is 9.59 Å². The van der Waals surface area contributed by atoms with Crippen LogP contribution in [0.15, 0.2) is 0 Å². The van der Waals surface area contributed by atoms with E-state index in [1.807, 2.05) is 11.8 Å². The highest BCUT2D eigenvalue weighted by Gasteiger charge is 2.37. The van der Waals surface area contributed by atoms with Crippen LogP contribution in [0.25, 0.3) is 0 Å². The summed E-state index contributed by atoms with van der Waals surface area (Å²) in [5, 5.41) is 11.9. The number of amides is 2. The molecule has 2 fully saturated rings. The molecule has 2 aliphatic heterocycles. The summed E-state index contributed by atoms with van der Waals surface area (Å²) in [6, 6.07) is 0.253. The first-order valence-corrected chi connectivity index (χ1v) is 7.59. The van der Waals surface area contributed by atoms with E-state index in [0.29, 0.717) is 13.1 Å². The SMILES string of the molecule is CC(C(=O)O)C1CN(C(=O)NC2CCCSC2)C1. The first-order valence-electron chi connectivity index (χ1n) is 6.44. The molecule has 2 amide bonds. The van der Waals surface area contributed by atoms with Gasteiger partial charge in [-0.15, -0.1) is 0 Å². The zero-order valence-electron chi connectivity index (χ0n) is 10.6. The predicted octanol–water partition coefficient (Wildman–Crippen LogP) is 1.24. The van der Waals surface area contributed by atoms with Gasteiger partial charge in [-0.25, -0.2) is 4.79 Å². The van der Waals surface area contributed by atoms with Crippen molar-refractivity contribution in [1.82, 2.24) is 10.2 Å².